The highest BCUT2D eigenvalue weighted by atomic mass is 16.5. The molecule has 2 fully saturated rings. The van der Waals surface area contributed by atoms with Crippen molar-refractivity contribution in [3.63, 3.8) is 0 Å². The second kappa shape index (κ2) is 6.49. The first-order valence-electron chi connectivity index (χ1n) is 8.58. The van der Waals surface area contributed by atoms with Crippen molar-refractivity contribution in [2.75, 3.05) is 37.7 Å². The van der Waals surface area contributed by atoms with E-state index in [1.807, 2.05) is 25.6 Å². The molecule has 1 unspecified atom stereocenters. The lowest BCUT2D eigenvalue weighted by Crippen LogP contribution is -2.59. The minimum Gasteiger partial charge on any atom is -0.370 e. The monoisotopic (exact) mass is 328 g/mol. The number of piperidine rings is 1. The van der Waals surface area contributed by atoms with E-state index in [0.29, 0.717) is 0 Å². The molecule has 2 aliphatic rings. The van der Waals surface area contributed by atoms with Gasteiger partial charge < -0.3 is 14.2 Å². The van der Waals surface area contributed by atoms with Crippen LogP contribution < -0.4 is 4.90 Å². The zero-order valence-electron chi connectivity index (χ0n) is 14.1. The quantitative estimate of drug-likeness (QED) is 0.840. The number of hydrogen-bond acceptors (Lipinski definition) is 6. The Bertz CT molecular complexity index is 671. The molecule has 2 saturated heterocycles. The van der Waals surface area contributed by atoms with Crippen LogP contribution >= 0.6 is 0 Å². The van der Waals surface area contributed by atoms with Gasteiger partial charge in [-0.1, -0.05) is 0 Å². The van der Waals surface area contributed by atoms with Gasteiger partial charge in [0.1, 0.15) is 0 Å². The average molecular weight is 328 g/mol. The number of morpholine rings is 1. The van der Waals surface area contributed by atoms with Crippen molar-refractivity contribution in [2.24, 2.45) is 7.05 Å². The number of hydrogen-bond donors (Lipinski definition) is 0. The normalized spacial score (nSPS) is 25.3. The third-order valence-corrected chi connectivity index (χ3v) is 5.00. The van der Waals surface area contributed by atoms with E-state index in [4.69, 9.17) is 4.74 Å². The third-order valence-electron chi connectivity index (χ3n) is 5.00. The largest absolute Gasteiger partial charge is 0.370 e. The predicted octanol–water partition coefficient (Wildman–Crippen LogP) is 1.08. The lowest BCUT2D eigenvalue weighted by Gasteiger charge is -2.48. The lowest BCUT2D eigenvalue weighted by molar-refractivity contribution is -0.116. The molecular formula is C17H24N6O. The third kappa shape index (κ3) is 3.14. The van der Waals surface area contributed by atoms with Crippen LogP contribution in [0, 0.1) is 0 Å². The molecule has 0 aliphatic carbocycles. The van der Waals surface area contributed by atoms with Crippen molar-refractivity contribution in [1.82, 2.24) is 24.4 Å². The van der Waals surface area contributed by atoms with Crippen molar-refractivity contribution >= 4 is 5.95 Å². The first-order valence-corrected chi connectivity index (χ1v) is 8.58. The Morgan fingerprint density at radius 3 is 2.88 bits per heavy atom. The summed E-state index contributed by atoms with van der Waals surface area (Å²) in [6.45, 7) is 5.47. The fourth-order valence-corrected chi connectivity index (χ4v) is 3.79. The maximum atomic E-state index is 6.28. The van der Waals surface area contributed by atoms with Crippen LogP contribution in [-0.2, 0) is 18.3 Å². The van der Waals surface area contributed by atoms with Crippen molar-refractivity contribution in [2.45, 2.75) is 25.0 Å². The SMILES string of the molecule is Cn1cncc1CN1CCOC2(CCCN(c3ncccn3)C2)C1. The molecule has 0 radical (unpaired) electrons. The van der Waals surface area contributed by atoms with E-state index in [0.717, 1.165) is 58.1 Å². The van der Waals surface area contributed by atoms with Gasteiger partial charge in [-0.25, -0.2) is 15.0 Å². The number of aryl methyl sites for hydroxylation is 1. The molecule has 0 amide bonds. The first kappa shape index (κ1) is 15.5. The molecule has 4 rings (SSSR count). The number of imidazole rings is 1. The summed E-state index contributed by atoms with van der Waals surface area (Å²) in [7, 11) is 2.05. The van der Waals surface area contributed by atoms with E-state index < -0.39 is 0 Å². The van der Waals surface area contributed by atoms with Crippen LogP contribution in [0.1, 0.15) is 18.5 Å². The maximum absolute atomic E-state index is 6.28. The van der Waals surface area contributed by atoms with Gasteiger partial charge in [0, 0.05) is 51.8 Å². The molecule has 4 heterocycles. The second-order valence-corrected chi connectivity index (χ2v) is 6.81. The summed E-state index contributed by atoms with van der Waals surface area (Å²) in [6, 6.07) is 1.86. The summed E-state index contributed by atoms with van der Waals surface area (Å²) in [5, 5.41) is 0. The Hall–Kier alpha value is -1.99. The van der Waals surface area contributed by atoms with Crippen LogP contribution in [0.15, 0.2) is 31.0 Å². The molecule has 0 bridgehead atoms. The standard InChI is InChI=1S/C17H24N6O/c1-21-14-18-10-15(21)11-22-8-9-24-17(12-22)4-2-7-23(13-17)16-19-5-3-6-20-16/h3,5-6,10,14H,2,4,7-9,11-13H2,1H3. The van der Waals surface area contributed by atoms with Gasteiger partial charge in [0.2, 0.25) is 5.95 Å². The Balaban J connectivity index is 1.46. The van der Waals surface area contributed by atoms with E-state index in [9.17, 15) is 0 Å². The smallest absolute Gasteiger partial charge is 0.225 e. The van der Waals surface area contributed by atoms with E-state index >= 15 is 0 Å². The van der Waals surface area contributed by atoms with Gasteiger partial charge >= 0.3 is 0 Å². The lowest BCUT2D eigenvalue weighted by atomic mass is 9.90. The number of aromatic nitrogens is 4. The number of ether oxygens (including phenoxy) is 1. The molecule has 0 aromatic carbocycles. The van der Waals surface area contributed by atoms with E-state index in [1.165, 1.54) is 5.69 Å². The zero-order chi connectivity index (χ0) is 16.4. The van der Waals surface area contributed by atoms with Crippen LogP contribution in [0.5, 0.6) is 0 Å². The Kier molecular flexibility index (Phi) is 4.20. The highest BCUT2D eigenvalue weighted by molar-refractivity contribution is 5.31. The molecule has 1 spiro atoms. The number of nitrogens with zero attached hydrogens (tertiary/aromatic N) is 6. The molecule has 0 saturated carbocycles. The Morgan fingerprint density at radius 2 is 2.08 bits per heavy atom. The minimum atomic E-state index is -0.117. The summed E-state index contributed by atoms with van der Waals surface area (Å²) in [4.78, 5) is 17.8. The Labute approximate surface area is 142 Å². The first-order chi connectivity index (χ1) is 11.7. The molecule has 7 heteroatoms. The van der Waals surface area contributed by atoms with Gasteiger partial charge in [0.15, 0.2) is 0 Å². The minimum absolute atomic E-state index is 0.117. The molecule has 128 valence electrons. The van der Waals surface area contributed by atoms with Crippen LogP contribution in [0.2, 0.25) is 0 Å². The summed E-state index contributed by atoms with van der Waals surface area (Å²) in [5.41, 5.74) is 1.12. The molecule has 24 heavy (non-hydrogen) atoms. The zero-order valence-corrected chi connectivity index (χ0v) is 14.1. The average Bonchev–Trinajstić information content (AvgIpc) is 3.01. The fourth-order valence-electron chi connectivity index (χ4n) is 3.79. The molecule has 1 atom stereocenters. The molecule has 2 aromatic rings. The summed E-state index contributed by atoms with van der Waals surface area (Å²) >= 11 is 0. The molecule has 0 N–H and O–H groups in total. The maximum Gasteiger partial charge on any atom is 0.225 e. The van der Waals surface area contributed by atoms with Crippen LogP contribution in [0.3, 0.4) is 0 Å². The van der Waals surface area contributed by atoms with Crippen LogP contribution in [0.4, 0.5) is 5.95 Å². The van der Waals surface area contributed by atoms with Crippen molar-refractivity contribution in [1.29, 1.82) is 0 Å². The van der Waals surface area contributed by atoms with E-state index in [1.54, 1.807) is 12.4 Å². The van der Waals surface area contributed by atoms with Crippen LogP contribution in [-0.4, -0.2) is 62.8 Å². The summed E-state index contributed by atoms with van der Waals surface area (Å²) < 4.78 is 8.37. The van der Waals surface area contributed by atoms with Gasteiger partial charge in [-0.3, -0.25) is 4.90 Å². The number of anilines is 1. The fraction of sp³-hybridized carbons (Fsp3) is 0.588. The van der Waals surface area contributed by atoms with Gasteiger partial charge in [0.05, 0.1) is 30.8 Å². The van der Waals surface area contributed by atoms with Gasteiger partial charge in [0.25, 0.3) is 0 Å². The topological polar surface area (TPSA) is 59.3 Å². The van der Waals surface area contributed by atoms with Gasteiger partial charge in [-0.15, -0.1) is 0 Å². The van der Waals surface area contributed by atoms with E-state index in [-0.39, 0.29) is 5.60 Å². The van der Waals surface area contributed by atoms with Gasteiger partial charge in [-0.05, 0) is 18.9 Å². The van der Waals surface area contributed by atoms with Gasteiger partial charge in [-0.2, -0.15) is 0 Å². The molecular weight excluding hydrogens is 304 g/mol. The summed E-state index contributed by atoms with van der Waals surface area (Å²) in [6.07, 6.45) is 9.63. The summed E-state index contributed by atoms with van der Waals surface area (Å²) in [5.74, 6) is 0.809. The van der Waals surface area contributed by atoms with Crippen LogP contribution in [0.25, 0.3) is 0 Å². The van der Waals surface area contributed by atoms with Crippen molar-refractivity contribution in [3.8, 4) is 0 Å². The van der Waals surface area contributed by atoms with Crippen molar-refractivity contribution < 1.29 is 4.74 Å². The number of rotatable bonds is 3. The molecule has 2 aromatic heterocycles. The highest BCUT2D eigenvalue weighted by Gasteiger charge is 2.41. The van der Waals surface area contributed by atoms with E-state index in [2.05, 4.69) is 29.3 Å². The molecule has 2 aliphatic heterocycles. The second-order valence-electron chi connectivity index (χ2n) is 6.81. The Morgan fingerprint density at radius 1 is 1.21 bits per heavy atom. The van der Waals surface area contributed by atoms with Crippen molar-refractivity contribution in [3.05, 3.63) is 36.7 Å². The predicted molar refractivity (Wildman–Crippen MR) is 90.6 cm³/mol. The highest BCUT2D eigenvalue weighted by Crippen LogP contribution is 2.30. The molecule has 7 nitrogen and oxygen atoms in total.